The Kier molecular flexibility index (Phi) is 1.75. The fraction of sp³-hybridized carbons (Fsp3) is 0.154. The maximum atomic E-state index is 10.8. The topological polar surface area (TPSA) is 29.1 Å². The van der Waals surface area contributed by atoms with Gasteiger partial charge in [-0.15, -0.1) is 0 Å². The van der Waals surface area contributed by atoms with Crippen molar-refractivity contribution in [3.05, 3.63) is 48.0 Å². The molecule has 74 valence electrons. The van der Waals surface area contributed by atoms with Crippen LogP contribution in [-0.2, 0) is 4.79 Å². The molecule has 0 bridgehead atoms. The molecule has 1 saturated heterocycles. The van der Waals surface area contributed by atoms with Crippen molar-refractivity contribution in [2.75, 3.05) is 0 Å². The summed E-state index contributed by atoms with van der Waals surface area (Å²) in [6, 6.07) is 14.8. The van der Waals surface area contributed by atoms with Gasteiger partial charge in [-0.05, 0) is 22.4 Å². The molecule has 1 atom stereocenters. The molecule has 0 unspecified atom stereocenters. The van der Waals surface area contributed by atoms with Gasteiger partial charge in [-0.3, -0.25) is 4.79 Å². The predicted octanol–water partition coefficient (Wildman–Crippen LogP) is 2.40. The maximum Gasteiger partial charge on any atom is 0.222 e. The third-order valence-electron chi connectivity index (χ3n) is 2.90. The van der Waals surface area contributed by atoms with E-state index < -0.39 is 0 Å². The Morgan fingerprint density at radius 1 is 1.07 bits per heavy atom. The molecule has 1 fully saturated rings. The summed E-state index contributed by atoms with van der Waals surface area (Å²) in [4.78, 5) is 10.8. The number of carbonyl (C=O) groups excluding carboxylic acids is 1. The number of hydrogen-bond donors (Lipinski definition) is 1. The van der Waals surface area contributed by atoms with E-state index in [0.29, 0.717) is 6.42 Å². The average molecular weight is 197 g/mol. The highest BCUT2D eigenvalue weighted by molar-refractivity contribution is 5.86. The van der Waals surface area contributed by atoms with E-state index in [1.54, 1.807) is 0 Å². The Morgan fingerprint density at radius 3 is 2.53 bits per heavy atom. The highest BCUT2D eigenvalue weighted by Crippen LogP contribution is 2.26. The van der Waals surface area contributed by atoms with Crippen molar-refractivity contribution < 1.29 is 4.79 Å². The lowest BCUT2D eigenvalue weighted by Crippen LogP contribution is -2.41. The molecule has 0 aliphatic carbocycles. The van der Waals surface area contributed by atoms with Crippen molar-refractivity contribution in [3.8, 4) is 0 Å². The molecule has 2 nitrogen and oxygen atoms in total. The van der Waals surface area contributed by atoms with E-state index in [1.165, 1.54) is 16.3 Å². The maximum absolute atomic E-state index is 10.8. The molecule has 1 aliphatic heterocycles. The zero-order valence-electron chi connectivity index (χ0n) is 8.23. The van der Waals surface area contributed by atoms with Crippen LogP contribution in [0.2, 0.25) is 0 Å². The summed E-state index contributed by atoms with van der Waals surface area (Å²) >= 11 is 0. The largest absolute Gasteiger partial charge is 0.349 e. The minimum absolute atomic E-state index is 0.146. The quantitative estimate of drug-likeness (QED) is 0.699. The normalized spacial score (nSPS) is 19.7. The van der Waals surface area contributed by atoms with E-state index in [1.807, 2.05) is 12.1 Å². The predicted molar refractivity (Wildman–Crippen MR) is 59.4 cm³/mol. The molecule has 1 heterocycles. The minimum atomic E-state index is 0.146. The van der Waals surface area contributed by atoms with Gasteiger partial charge in [0.15, 0.2) is 0 Å². The summed E-state index contributed by atoms with van der Waals surface area (Å²) in [6.45, 7) is 0. The van der Waals surface area contributed by atoms with Gasteiger partial charge in [0.05, 0.1) is 12.5 Å². The lowest BCUT2D eigenvalue weighted by molar-refractivity contribution is -0.128. The minimum Gasteiger partial charge on any atom is -0.349 e. The van der Waals surface area contributed by atoms with Gasteiger partial charge in [-0.2, -0.15) is 0 Å². The molecule has 2 aromatic rings. The number of benzene rings is 2. The monoisotopic (exact) mass is 197 g/mol. The lowest BCUT2D eigenvalue weighted by atomic mass is 9.95. The Morgan fingerprint density at radius 2 is 1.80 bits per heavy atom. The third kappa shape index (κ3) is 1.38. The van der Waals surface area contributed by atoms with E-state index >= 15 is 0 Å². The number of amides is 1. The van der Waals surface area contributed by atoms with Crippen LogP contribution < -0.4 is 5.32 Å². The van der Waals surface area contributed by atoms with Crippen molar-refractivity contribution in [2.24, 2.45) is 0 Å². The molecular weight excluding hydrogens is 186 g/mol. The van der Waals surface area contributed by atoms with Crippen LogP contribution in [0.5, 0.6) is 0 Å². The van der Waals surface area contributed by atoms with Crippen LogP contribution in [0.25, 0.3) is 10.8 Å². The smallest absolute Gasteiger partial charge is 0.222 e. The standard InChI is InChI=1S/C13H11NO/c15-13-8-12(14-13)11-6-5-9-3-1-2-4-10(9)7-11/h1-7,12H,8H2,(H,14,15)/t12-/m0/s1. The lowest BCUT2D eigenvalue weighted by Gasteiger charge is -2.27. The molecular formula is C13H11NO. The van der Waals surface area contributed by atoms with Gasteiger partial charge in [0.1, 0.15) is 0 Å². The molecule has 0 saturated carbocycles. The molecule has 0 radical (unpaired) electrons. The summed E-state index contributed by atoms with van der Waals surface area (Å²) in [5.74, 6) is 0.146. The second kappa shape index (κ2) is 3.09. The van der Waals surface area contributed by atoms with E-state index in [-0.39, 0.29) is 11.9 Å². The molecule has 1 N–H and O–H groups in total. The van der Waals surface area contributed by atoms with E-state index in [0.717, 1.165) is 0 Å². The van der Waals surface area contributed by atoms with Crippen LogP contribution in [0.3, 0.4) is 0 Å². The van der Waals surface area contributed by atoms with Gasteiger partial charge in [0.25, 0.3) is 0 Å². The molecule has 2 heteroatoms. The average Bonchev–Trinajstić information content (AvgIpc) is 2.24. The van der Waals surface area contributed by atoms with Crippen molar-refractivity contribution in [2.45, 2.75) is 12.5 Å². The van der Waals surface area contributed by atoms with Crippen LogP contribution in [-0.4, -0.2) is 5.91 Å². The van der Waals surface area contributed by atoms with Crippen molar-refractivity contribution in [3.63, 3.8) is 0 Å². The van der Waals surface area contributed by atoms with Gasteiger partial charge < -0.3 is 5.32 Å². The van der Waals surface area contributed by atoms with Gasteiger partial charge in [-0.25, -0.2) is 0 Å². The van der Waals surface area contributed by atoms with Crippen LogP contribution >= 0.6 is 0 Å². The first-order valence-corrected chi connectivity index (χ1v) is 5.11. The molecule has 1 aliphatic rings. The number of nitrogens with one attached hydrogen (secondary N) is 1. The molecule has 0 spiro atoms. The van der Waals surface area contributed by atoms with Crippen LogP contribution in [0, 0.1) is 0 Å². The first-order valence-electron chi connectivity index (χ1n) is 5.11. The first-order chi connectivity index (χ1) is 7.33. The van der Waals surface area contributed by atoms with Gasteiger partial charge >= 0.3 is 0 Å². The summed E-state index contributed by atoms with van der Waals surface area (Å²) in [5.41, 5.74) is 1.20. The van der Waals surface area contributed by atoms with E-state index in [2.05, 4.69) is 35.6 Å². The van der Waals surface area contributed by atoms with Crippen molar-refractivity contribution in [1.29, 1.82) is 0 Å². The Hall–Kier alpha value is -1.83. The number of rotatable bonds is 1. The van der Waals surface area contributed by atoms with Crippen molar-refractivity contribution in [1.82, 2.24) is 5.32 Å². The van der Waals surface area contributed by atoms with Crippen molar-refractivity contribution >= 4 is 16.7 Å². The SMILES string of the molecule is O=C1C[C@@H](c2ccc3ccccc3c2)N1. The Labute approximate surface area is 87.9 Å². The number of β-lactam (4-membered cyclic amide) rings is 1. The molecule has 15 heavy (non-hydrogen) atoms. The summed E-state index contributed by atoms with van der Waals surface area (Å²) < 4.78 is 0. The second-order valence-electron chi connectivity index (χ2n) is 3.93. The van der Waals surface area contributed by atoms with Crippen LogP contribution in [0.4, 0.5) is 0 Å². The van der Waals surface area contributed by atoms with E-state index in [9.17, 15) is 4.79 Å². The number of hydrogen-bond acceptors (Lipinski definition) is 1. The van der Waals surface area contributed by atoms with Gasteiger partial charge in [0.2, 0.25) is 5.91 Å². The molecule has 3 rings (SSSR count). The van der Waals surface area contributed by atoms with Gasteiger partial charge in [0, 0.05) is 0 Å². The van der Waals surface area contributed by atoms with Crippen LogP contribution in [0.15, 0.2) is 42.5 Å². The molecule has 1 amide bonds. The zero-order chi connectivity index (χ0) is 10.3. The Balaban J connectivity index is 2.03. The van der Waals surface area contributed by atoms with Gasteiger partial charge in [-0.1, -0.05) is 36.4 Å². The fourth-order valence-electron chi connectivity index (χ4n) is 1.98. The van der Waals surface area contributed by atoms with E-state index in [4.69, 9.17) is 0 Å². The number of carbonyl (C=O) groups is 1. The fourth-order valence-corrected chi connectivity index (χ4v) is 1.98. The summed E-state index contributed by atoms with van der Waals surface area (Å²) in [7, 11) is 0. The Bertz CT molecular complexity index is 525. The highest BCUT2D eigenvalue weighted by atomic mass is 16.2. The summed E-state index contributed by atoms with van der Waals surface area (Å²) in [6.07, 6.45) is 0.623. The molecule has 2 aromatic carbocycles. The zero-order valence-corrected chi connectivity index (χ0v) is 8.23. The summed E-state index contributed by atoms with van der Waals surface area (Å²) in [5, 5.41) is 5.36. The highest BCUT2D eigenvalue weighted by Gasteiger charge is 2.26. The van der Waals surface area contributed by atoms with Crippen LogP contribution in [0.1, 0.15) is 18.0 Å². The first kappa shape index (κ1) is 8.48. The second-order valence-corrected chi connectivity index (χ2v) is 3.93. The third-order valence-corrected chi connectivity index (χ3v) is 2.90. The number of fused-ring (bicyclic) bond motifs is 1. The molecule has 0 aromatic heterocycles.